The Bertz CT molecular complexity index is 488. The van der Waals surface area contributed by atoms with Gasteiger partial charge in [0.25, 0.3) is 0 Å². The van der Waals surface area contributed by atoms with E-state index in [1.54, 1.807) is 13.2 Å². The first-order valence-electron chi connectivity index (χ1n) is 6.15. The van der Waals surface area contributed by atoms with Gasteiger partial charge in [-0.2, -0.15) is 0 Å². The van der Waals surface area contributed by atoms with E-state index in [9.17, 15) is 4.21 Å². The van der Waals surface area contributed by atoms with E-state index in [1.165, 1.54) is 6.21 Å². The molecule has 2 atom stereocenters. The van der Waals surface area contributed by atoms with Crippen LogP contribution < -0.4 is 10.0 Å². The molecule has 6 heteroatoms. The lowest BCUT2D eigenvalue weighted by Crippen LogP contribution is -2.35. The zero-order valence-electron chi connectivity index (χ0n) is 12.1. The van der Waals surface area contributed by atoms with Crippen molar-refractivity contribution in [3.63, 3.8) is 0 Å². The van der Waals surface area contributed by atoms with Gasteiger partial charge in [-0.3, -0.25) is 4.98 Å². The second-order valence-electron chi connectivity index (χ2n) is 5.31. The summed E-state index contributed by atoms with van der Waals surface area (Å²) in [6.45, 7) is 7.68. The van der Waals surface area contributed by atoms with Gasteiger partial charge in [0.2, 0.25) is 0 Å². The summed E-state index contributed by atoms with van der Waals surface area (Å²) >= 11 is 0. The van der Waals surface area contributed by atoms with Crippen molar-refractivity contribution in [2.24, 2.45) is 0 Å². The van der Waals surface area contributed by atoms with Crippen molar-refractivity contribution in [3.05, 3.63) is 23.5 Å². The fourth-order valence-corrected chi connectivity index (χ4v) is 2.25. The largest absolute Gasteiger partial charge is 0.386 e. The van der Waals surface area contributed by atoms with E-state index in [2.05, 4.69) is 15.0 Å². The second kappa shape index (κ2) is 6.25. The van der Waals surface area contributed by atoms with E-state index < -0.39 is 11.0 Å². The van der Waals surface area contributed by atoms with Crippen molar-refractivity contribution >= 4 is 22.9 Å². The number of anilines is 1. The smallest absolute Gasteiger partial charge is 0.0976 e. The number of nitrogens with zero attached hydrogens (tertiary/aromatic N) is 1. The summed E-state index contributed by atoms with van der Waals surface area (Å²) in [6, 6.07) is 1.70. The normalized spacial score (nSPS) is 14.8. The van der Waals surface area contributed by atoms with Crippen LogP contribution in [0.2, 0.25) is 0 Å². The molecule has 0 spiro atoms. The van der Waals surface area contributed by atoms with Crippen molar-refractivity contribution in [3.8, 4) is 0 Å². The molecule has 0 saturated carbocycles. The van der Waals surface area contributed by atoms with Gasteiger partial charge in [-0.1, -0.05) is 0 Å². The summed E-state index contributed by atoms with van der Waals surface area (Å²) in [5, 5.41) is 10.4. The molecule has 0 aliphatic carbocycles. The van der Waals surface area contributed by atoms with Crippen molar-refractivity contribution in [2.45, 2.75) is 38.5 Å². The highest BCUT2D eigenvalue weighted by molar-refractivity contribution is 7.84. The Kier molecular flexibility index (Phi) is 5.20. The van der Waals surface area contributed by atoms with Crippen molar-refractivity contribution in [1.82, 2.24) is 9.71 Å². The maximum atomic E-state index is 12.0. The average molecular weight is 284 g/mol. The molecule has 108 valence electrons. The molecule has 0 saturated heterocycles. The van der Waals surface area contributed by atoms with Gasteiger partial charge in [-0.05, 0) is 33.8 Å². The number of nitrogens with one attached hydrogen (secondary N) is 3. The average Bonchev–Trinajstić information content (AvgIpc) is 2.36. The molecule has 0 bridgehead atoms. The molecule has 1 aromatic rings. The molecule has 0 amide bonds. The first-order valence-corrected chi connectivity index (χ1v) is 7.30. The zero-order chi connectivity index (χ0) is 14.6. The van der Waals surface area contributed by atoms with Gasteiger partial charge in [0.05, 0.1) is 39.4 Å². The third-order valence-electron chi connectivity index (χ3n) is 2.67. The van der Waals surface area contributed by atoms with Gasteiger partial charge in [0.15, 0.2) is 0 Å². The van der Waals surface area contributed by atoms with Crippen molar-refractivity contribution in [1.29, 1.82) is 5.41 Å². The van der Waals surface area contributed by atoms with E-state index in [0.29, 0.717) is 0 Å². The fourth-order valence-electron chi connectivity index (χ4n) is 1.45. The van der Waals surface area contributed by atoms with Gasteiger partial charge in [0.1, 0.15) is 0 Å². The van der Waals surface area contributed by atoms with Crippen LogP contribution in [0.15, 0.2) is 12.3 Å². The molecule has 19 heavy (non-hydrogen) atoms. The molecule has 0 aromatic carbocycles. The summed E-state index contributed by atoms with van der Waals surface area (Å²) in [5.74, 6) is 0. The van der Waals surface area contributed by atoms with Crippen LogP contribution in [-0.2, 0) is 11.0 Å². The topological polar surface area (TPSA) is 77.9 Å². The highest BCUT2D eigenvalue weighted by Gasteiger charge is 2.22. The molecule has 1 heterocycles. The van der Waals surface area contributed by atoms with Gasteiger partial charge in [-0.25, -0.2) is 8.93 Å². The molecule has 3 N–H and O–H groups in total. The van der Waals surface area contributed by atoms with Crippen LogP contribution in [0.5, 0.6) is 0 Å². The summed E-state index contributed by atoms with van der Waals surface area (Å²) in [6.07, 6.45) is 2.97. The van der Waals surface area contributed by atoms with E-state index >= 15 is 0 Å². The number of hydrogen-bond acceptors (Lipinski definition) is 4. The fraction of sp³-hybridized carbons (Fsp3) is 0.538. The Morgan fingerprint density at radius 3 is 2.63 bits per heavy atom. The predicted octanol–water partition coefficient (Wildman–Crippen LogP) is 2.48. The monoisotopic (exact) mass is 284 g/mol. The van der Waals surface area contributed by atoms with Gasteiger partial charge in [0, 0.05) is 20.3 Å². The lowest BCUT2D eigenvalue weighted by Gasteiger charge is -2.22. The molecular formula is C13H24N4OS. The van der Waals surface area contributed by atoms with Crippen LogP contribution in [0.25, 0.3) is 0 Å². The van der Waals surface area contributed by atoms with Crippen molar-refractivity contribution < 1.29 is 5.64 Å². The van der Waals surface area contributed by atoms with Crippen LogP contribution in [0.4, 0.5) is 5.69 Å². The molecule has 0 fully saturated rings. The molecule has 0 aliphatic heterocycles. The van der Waals surface area contributed by atoms with Crippen LogP contribution >= 0.6 is 0 Å². The highest BCUT2D eigenvalue weighted by atomic mass is 32.2. The maximum Gasteiger partial charge on any atom is 0.0976 e. The Balaban J connectivity index is 0.00000361. The van der Waals surface area contributed by atoms with E-state index in [4.69, 9.17) is 5.41 Å². The number of hydrogen-bond donors (Lipinski definition) is 3. The Morgan fingerprint density at radius 2 is 2.16 bits per heavy atom. The van der Waals surface area contributed by atoms with Crippen LogP contribution in [0, 0.1) is 5.41 Å². The zero-order valence-corrected chi connectivity index (χ0v) is 12.9. The molecule has 0 radical (unpaired) electrons. The van der Waals surface area contributed by atoms with Crippen LogP contribution in [-0.4, -0.2) is 27.2 Å². The van der Waals surface area contributed by atoms with Gasteiger partial charge < -0.3 is 10.7 Å². The molecular weight excluding hydrogens is 260 g/mol. The summed E-state index contributed by atoms with van der Waals surface area (Å²) < 4.78 is 14.8. The Hall–Kier alpha value is -1.27. The van der Waals surface area contributed by atoms with Crippen LogP contribution in [0.3, 0.4) is 0 Å². The SMILES string of the molecule is CNc1cnc([C@@H](C)N[S@](=O)C(C)(C)C)cc1C=N.[HH]. The quantitative estimate of drug-likeness (QED) is 0.727. The minimum Gasteiger partial charge on any atom is -0.386 e. The van der Waals surface area contributed by atoms with E-state index in [-0.39, 0.29) is 12.2 Å². The third-order valence-corrected chi connectivity index (χ3v) is 4.35. The molecule has 1 rings (SSSR count). The third kappa shape index (κ3) is 4.11. The van der Waals surface area contributed by atoms with Gasteiger partial charge in [-0.15, -0.1) is 0 Å². The Labute approximate surface area is 118 Å². The van der Waals surface area contributed by atoms with Crippen LogP contribution in [0.1, 0.15) is 46.4 Å². The van der Waals surface area contributed by atoms with E-state index in [0.717, 1.165) is 16.9 Å². The van der Waals surface area contributed by atoms with Gasteiger partial charge >= 0.3 is 0 Å². The number of aromatic nitrogens is 1. The Morgan fingerprint density at radius 1 is 1.53 bits per heavy atom. The lowest BCUT2D eigenvalue weighted by atomic mass is 10.1. The minimum absolute atomic E-state index is 0. The molecule has 1 aromatic heterocycles. The molecule has 5 nitrogen and oxygen atoms in total. The molecule has 0 unspecified atom stereocenters. The van der Waals surface area contributed by atoms with E-state index in [1.807, 2.05) is 33.8 Å². The number of rotatable bonds is 5. The number of pyridine rings is 1. The predicted molar refractivity (Wildman–Crippen MR) is 83.2 cm³/mol. The van der Waals surface area contributed by atoms with Crippen molar-refractivity contribution in [2.75, 3.05) is 12.4 Å². The standard InChI is InChI=1S/C13H22N4OS.H2/c1-9(17-19(18)13(2,3)4)11-6-10(7-14)12(15-5)8-16-11;/h6-9,14-15,17H,1-5H3;1H/t9-,19-;/m1./s1. The summed E-state index contributed by atoms with van der Waals surface area (Å²) in [7, 11) is 0.645. The molecule has 0 aliphatic rings. The second-order valence-corrected chi connectivity index (χ2v) is 7.31. The first-order chi connectivity index (χ1) is 8.79. The summed E-state index contributed by atoms with van der Waals surface area (Å²) in [5.41, 5.74) is 2.35. The maximum absolute atomic E-state index is 12.0. The summed E-state index contributed by atoms with van der Waals surface area (Å²) in [4.78, 5) is 4.33. The lowest BCUT2D eigenvalue weighted by molar-refractivity contribution is 0.611. The first kappa shape index (κ1) is 15.8. The minimum atomic E-state index is -1.15. The highest BCUT2D eigenvalue weighted by Crippen LogP contribution is 2.19.